The summed E-state index contributed by atoms with van der Waals surface area (Å²) in [6.45, 7) is 14.7. The molecular formula is C18H37N5. The van der Waals surface area contributed by atoms with E-state index in [2.05, 4.69) is 34.3 Å². The predicted octanol–water partition coefficient (Wildman–Crippen LogP) is 1.76. The third-order valence-electron chi connectivity index (χ3n) is 4.93. The van der Waals surface area contributed by atoms with Crippen LogP contribution in [0.1, 0.15) is 46.0 Å². The lowest BCUT2D eigenvalue weighted by molar-refractivity contribution is 0.232. The van der Waals surface area contributed by atoms with E-state index in [0.717, 1.165) is 38.1 Å². The van der Waals surface area contributed by atoms with Crippen molar-refractivity contribution < 1.29 is 0 Å². The summed E-state index contributed by atoms with van der Waals surface area (Å²) in [4.78, 5) is 9.97. The standard InChI is InChI=1S/C18H37N5/c1-3-10-23-13-8-17(16-23)15-21-18(19-4-2)20-9-14-22-11-6-5-7-12-22/h17H,3-16H2,1-2H3,(H2,19,20,21). The predicted molar refractivity (Wildman–Crippen MR) is 99.1 cm³/mol. The zero-order chi connectivity index (χ0) is 16.3. The number of hydrogen-bond donors (Lipinski definition) is 2. The van der Waals surface area contributed by atoms with Crippen molar-refractivity contribution in [3.63, 3.8) is 0 Å². The van der Waals surface area contributed by atoms with Crippen LogP contribution in [0.5, 0.6) is 0 Å². The van der Waals surface area contributed by atoms with Gasteiger partial charge in [0.15, 0.2) is 5.96 Å². The zero-order valence-electron chi connectivity index (χ0n) is 15.3. The van der Waals surface area contributed by atoms with Crippen LogP contribution in [0.4, 0.5) is 0 Å². The summed E-state index contributed by atoms with van der Waals surface area (Å²) < 4.78 is 0. The summed E-state index contributed by atoms with van der Waals surface area (Å²) in [7, 11) is 0. The minimum Gasteiger partial charge on any atom is -0.357 e. The first-order valence-corrected chi connectivity index (χ1v) is 9.78. The number of nitrogens with one attached hydrogen (secondary N) is 2. The van der Waals surface area contributed by atoms with Gasteiger partial charge in [-0.05, 0) is 64.7 Å². The third-order valence-corrected chi connectivity index (χ3v) is 4.93. The monoisotopic (exact) mass is 323 g/mol. The highest BCUT2D eigenvalue weighted by Crippen LogP contribution is 2.16. The van der Waals surface area contributed by atoms with Crippen molar-refractivity contribution in [3.8, 4) is 0 Å². The first-order valence-electron chi connectivity index (χ1n) is 9.78. The van der Waals surface area contributed by atoms with Crippen LogP contribution >= 0.6 is 0 Å². The molecule has 2 saturated heterocycles. The fourth-order valence-corrected chi connectivity index (χ4v) is 3.66. The molecule has 0 saturated carbocycles. The largest absolute Gasteiger partial charge is 0.357 e. The average Bonchev–Trinajstić information content (AvgIpc) is 3.02. The molecule has 0 aromatic heterocycles. The smallest absolute Gasteiger partial charge is 0.191 e. The molecule has 2 fully saturated rings. The molecule has 0 aromatic carbocycles. The lowest BCUT2D eigenvalue weighted by Crippen LogP contribution is -2.43. The molecule has 2 aliphatic rings. The van der Waals surface area contributed by atoms with E-state index in [4.69, 9.17) is 4.99 Å². The number of piperidine rings is 1. The van der Waals surface area contributed by atoms with Gasteiger partial charge in [0.25, 0.3) is 0 Å². The van der Waals surface area contributed by atoms with Crippen molar-refractivity contribution in [2.24, 2.45) is 10.9 Å². The van der Waals surface area contributed by atoms with E-state index >= 15 is 0 Å². The minimum atomic E-state index is 0.735. The molecule has 1 unspecified atom stereocenters. The Morgan fingerprint density at radius 1 is 1.00 bits per heavy atom. The van der Waals surface area contributed by atoms with Gasteiger partial charge in [-0.1, -0.05) is 13.3 Å². The van der Waals surface area contributed by atoms with Crippen molar-refractivity contribution in [2.45, 2.75) is 46.0 Å². The third kappa shape index (κ3) is 7.08. The minimum absolute atomic E-state index is 0.735. The van der Waals surface area contributed by atoms with Gasteiger partial charge in [-0.15, -0.1) is 0 Å². The highest BCUT2D eigenvalue weighted by atomic mass is 15.2. The van der Waals surface area contributed by atoms with Crippen molar-refractivity contribution in [2.75, 3.05) is 58.9 Å². The lowest BCUT2D eigenvalue weighted by atomic mass is 10.1. The molecule has 23 heavy (non-hydrogen) atoms. The Hall–Kier alpha value is -0.810. The molecule has 134 valence electrons. The Morgan fingerprint density at radius 2 is 1.83 bits per heavy atom. The second kappa shape index (κ2) is 10.9. The Morgan fingerprint density at radius 3 is 2.57 bits per heavy atom. The molecule has 0 aliphatic carbocycles. The molecule has 2 rings (SSSR count). The van der Waals surface area contributed by atoms with Crippen LogP contribution in [-0.2, 0) is 0 Å². The molecule has 2 N–H and O–H groups in total. The van der Waals surface area contributed by atoms with Crippen molar-refractivity contribution in [3.05, 3.63) is 0 Å². The Balaban J connectivity index is 1.67. The fraction of sp³-hybridized carbons (Fsp3) is 0.944. The number of hydrogen-bond acceptors (Lipinski definition) is 3. The van der Waals surface area contributed by atoms with Gasteiger partial charge in [-0.2, -0.15) is 0 Å². The molecule has 0 aromatic rings. The van der Waals surface area contributed by atoms with E-state index < -0.39 is 0 Å². The molecule has 0 bridgehead atoms. The van der Waals surface area contributed by atoms with E-state index in [1.807, 2.05) is 0 Å². The zero-order valence-corrected chi connectivity index (χ0v) is 15.3. The quantitative estimate of drug-likeness (QED) is 0.528. The van der Waals surface area contributed by atoms with Crippen LogP contribution in [0.2, 0.25) is 0 Å². The summed E-state index contributed by atoms with van der Waals surface area (Å²) in [5, 5.41) is 6.90. The second-order valence-electron chi connectivity index (χ2n) is 7.00. The number of aliphatic imine (C=N–C) groups is 1. The molecule has 0 radical (unpaired) electrons. The topological polar surface area (TPSA) is 42.9 Å². The first-order chi connectivity index (χ1) is 11.3. The van der Waals surface area contributed by atoms with Crippen LogP contribution in [0.15, 0.2) is 4.99 Å². The Kier molecular flexibility index (Phi) is 8.76. The van der Waals surface area contributed by atoms with Gasteiger partial charge < -0.3 is 20.4 Å². The molecule has 2 aliphatic heterocycles. The van der Waals surface area contributed by atoms with Gasteiger partial charge in [0.1, 0.15) is 0 Å². The highest BCUT2D eigenvalue weighted by molar-refractivity contribution is 5.79. The first kappa shape index (κ1) is 18.5. The van der Waals surface area contributed by atoms with Gasteiger partial charge in [0.05, 0.1) is 0 Å². The summed E-state index contributed by atoms with van der Waals surface area (Å²) in [6.07, 6.45) is 6.70. The number of nitrogens with zero attached hydrogens (tertiary/aromatic N) is 3. The fourth-order valence-electron chi connectivity index (χ4n) is 3.66. The summed E-state index contributed by atoms with van der Waals surface area (Å²) >= 11 is 0. The van der Waals surface area contributed by atoms with E-state index in [1.165, 1.54) is 64.8 Å². The normalized spacial score (nSPS) is 24.1. The second-order valence-corrected chi connectivity index (χ2v) is 7.00. The van der Waals surface area contributed by atoms with E-state index in [-0.39, 0.29) is 0 Å². The van der Waals surface area contributed by atoms with E-state index in [1.54, 1.807) is 0 Å². The van der Waals surface area contributed by atoms with Crippen LogP contribution in [0.3, 0.4) is 0 Å². The summed E-state index contributed by atoms with van der Waals surface area (Å²) in [6, 6.07) is 0. The molecule has 2 heterocycles. The number of rotatable bonds is 8. The van der Waals surface area contributed by atoms with E-state index in [0.29, 0.717) is 0 Å². The van der Waals surface area contributed by atoms with Crippen LogP contribution in [0, 0.1) is 5.92 Å². The van der Waals surface area contributed by atoms with Gasteiger partial charge in [0.2, 0.25) is 0 Å². The van der Waals surface area contributed by atoms with Crippen molar-refractivity contribution >= 4 is 5.96 Å². The maximum atomic E-state index is 4.82. The van der Waals surface area contributed by atoms with E-state index in [9.17, 15) is 0 Å². The van der Waals surface area contributed by atoms with Gasteiger partial charge in [-0.3, -0.25) is 4.99 Å². The number of likely N-dealkylation sites (tertiary alicyclic amines) is 2. The number of guanidine groups is 1. The van der Waals surface area contributed by atoms with Crippen LogP contribution < -0.4 is 10.6 Å². The van der Waals surface area contributed by atoms with Crippen LogP contribution in [-0.4, -0.2) is 74.7 Å². The Labute approximate surface area is 142 Å². The molecular weight excluding hydrogens is 286 g/mol. The molecule has 0 amide bonds. The van der Waals surface area contributed by atoms with Gasteiger partial charge in [-0.25, -0.2) is 0 Å². The van der Waals surface area contributed by atoms with Gasteiger partial charge >= 0.3 is 0 Å². The SMILES string of the molecule is CCCN1CCC(CN=C(NCC)NCCN2CCCCC2)C1. The van der Waals surface area contributed by atoms with Crippen molar-refractivity contribution in [1.82, 2.24) is 20.4 Å². The molecule has 5 heteroatoms. The van der Waals surface area contributed by atoms with Crippen LogP contribution in [0.25, 0.3) is 0 Å². The average molecular weight is 324 g/mol. The molecule has 1 atom stereocenters. The molecule has 5 nitrogen and oxygen atoms in total. The highest BCUT2D eigenvalue weighted by Gasteiger charge is 2.21. The molecule has 0 spiro atoms. The summed E-state index contributed by atoms with van der Waals surface area (Å²) in [5.74, 6) is 1.73. The lowest BCUT2D eigenvalue weighted by Gasteiger charge is -2.26. The Bertz CT molecular complexity index is 338. The van der Waals surface area contributed by atoms with Crippen molar-refractivity contribution in [1.29, 1.82) is 0 Å². The summed E-state index contributed by atoms with van der Waals surface area (Å²) in [5.41, 5.74) is 0. The maximum absolute atomic E-state index is 4.82. The van der Waals surface area contributed by atoms with Gasteiger partial charge in [0, 0.05) is 32.7 Å². The maximum Gasteiger partial charge on any atom is 0.191 e.